The third-order valence-corrected chi connectivity index (χ3v) is 8.28. The van der Waals surface area contributed by atoms with Crippen LogP contribution in [0.3, 0.4) is 0 Å². The first-order valence-electron chi connectivity index (χ1n) is 11.8. The molecule has 10 heteroatoms. The summed E-state index contributed by atoms with van der Waals surface area (Å²) < 4.78 is 28.4. The van der Waals surface area contributed by atoms with E-state index in [-0.39, 0.29) is 17.3 Å². The highest BCUT2D eigenvalue weighted by molar-refractivity contribution is 7.92. The van der Waals surface area contributed by atoms with Gasteiger partial charge in [-0.1, -0.05) is 72.6 Å². The Morgan fingerprint density at radius 2 is 1.43 bits per heavy atom. The highest BCUT2D eigenvalue weighted by atomic mass is 35.5. The number of nitrogens with zero attached hydrogens (tertiary/aromatic N) is 2. The predicted molar refractivity (Wildman–Crippen MR) is 147 cm³/mol. The second-order valence-electron chi connectivity index (χ2n) is 8.20. The van der Waals surface area contributed by atoms with Crippen LogP contribution in [0.1, 0.15) is 25.8 Å². The van der Waals surface area contributed by atoms with Gasteiger partial charge in [-0.3, -0.25) is 13.9 Å². The van der Waals surface area contributed by atoms with E-state index in [1.807, 2.05) is 0 Å². The van der Waals surface area contributed by atoms with Crippen LogP contribution in [0.15, 0.2) is 83.8 Å². The molecule has 0 aliphatic heterocycles. The van der Waals surface area contributed by atoms with E-state index in [1.165, 1.54) is 17.0 Å². The standard InChI is InChI=1S/C27H29Cl2N3O4S/c1-3-25(27(34)30-4-2)31(18-22-23(28)16-11-17-24(22)29)26(33)19-32(20-12-7-5-8-13-20)37(35,36)21-14-9-6-10-15-21/h5-17,25H,3-4,18-19H2,1-2H3,(H,30,34). The molecule has 0 spiro atoms. The molecule has 3 aromatic carbocycles. The lowest BCUT2D eigenvalue weighted by molar-refractivity contribution is -0.140. The lowest BCUT2D eigenvalue weighted by Gasteiger charge is -2.33. The van der Waals surface area contributed by atoms with E-state index in [1.54, 1.807) is 80.6 Å². The topological polar surface area (TPSA) is 86.8 Å². The van der Waals surface area contributed by atoms with Gasteiger partial charge in [0.05, 0.1) is 10.6 Å². The van der Waals surface area contributed by atoms with Crippen molar-refractivity contribution in [1.29, 1.82) is 0 Å². The summed E-state index contributed by atoms with van der Waals surface area (Å²) in [5.74, 6) is -0.920. The summed E-state index contributed by atoms with van der Waals surface area (Å²) in [4.78, 5) is 28.2. The Morgan fingerprint density at radius 3 is 1.97 bits per heavy atom. The van der Waals surface area contributed by atoms with E-state index in [2.05, 4.69) is 5.32 Å². The quantitative estimate of drug-likeness (QED) is 0.351. The number of benzene rings is 3. The number of halogens is 2. The molecule has 7 nitrogen and oxygen atoms in total. The second-order valence-corrected chi connectivity index (χ2v) is 10.9. The van der Waals surface area contributed by atoms with Gasteiger partial charge >= 0.3 is 0 Å². The maximum Gasteiger partial charge on any atom is 0.264 e. The molecule has 0 aromatic heterocycles. The van der Waals surface area contributed by atoms with Crippen LogP contribution in [-0.4, -0.2) is 44.3 Å². The molecule has 0 aliphatic carbocycles. The van der Waals surface area contributed by atoms with Gasteiger partial charge in [0, 0.05) is 28.7 Å². The summed E-state index contributed by atoms with van der Waals surface area (Å²) in [5.41, 5.74) is 0.792. The van der Waals surface area contributed by atoms with Gasteiger partial charge < -0.3 is 10.2 Å². The minimum Gasteiger partial charge on any atom is -0.355 e. The Labute approximate surface area is 228 Å². The van der Waals surface area contributed by atoms with E-state index in [0.29, 0.717) is 34.3 Å². The number of rotatable bonds is 11. The number of anilines is 1. The molecule has 0 saturated carbocycles. The number of amides is 2. The molecule has 0 bridgehead atoms. The van der Waals surface area contributed by atoms with Crippen molar-refractivity contribution in [1.82, 2.24) is 10.2 Å². The molecule has 3 rings (SSSR count). The molecule has 1 atom stereocenters. The van der Waals surface area contributed by atoms with Crippen molar-refractivity contribution in [2.75, 3.05) is 17.4 Å². The van der Waals surface area contributed by atoms with Crippen molar-refractivity contribution < 1.29 is 18.0 Å². The summed E-state index contributed by atoms with van der Waals surface area (Å²) in [7, 11) is -4.10. The summed E-state index contributed by atoms with van der Waals surface area (Å²) in [5, 5.41) is 3.44. The van der Waals surface area contributed by atoms with Crippen LogP contribution in [0.2, 0.25) is 10.0 Å². The molecule has 3 aromatic rings. The minimum atomic E-state index is -4.10. The van der Waals surface area contributed by atoms with Gasteiger partial charge in [-0.15, -0.1) is 0 Å². The van der Waals surface area contributed by atoms with Crippen molar-refractivity contribution >= 4 is 50.7 Å². The third kappa shape index (κ3) is 6.83. The van der Waals surface area contributed by atoms with Gasteiger partial charge in [-0.25, -0.2) is 8.42 Å². The molecule has 2 amide bonds. The average molecular weight is 563 g/mol. The molecular weight excluding hydrogens is 533 g/mol. The Morgan fingerprint density at radius 1 is 0.865 bits per heavy atom. The molecular formula is C27H29Cl2N3O4S. The lowest BCUT2D eigenvalue weighted by Crippen LogP contribution is -2.52. The summed E-state index contributed by atoms with van der Waals surface area (Å²) in [6, 6.07) is 20.4. The highest BCUT2D eigenvalue weighted by Gasteiger charge is 2.34. The van der Waals surface area contributed by atoms with Crippen molar-refractivity contribution in [3.63, 3.8) is 0 Å². The molecule has 0 fully saturated rings. The number of carbonyl (C=O) groups excluding carboxylic acids is 2. The minimum absolute atomic E-state index is 0.0446. The molecule has 196 valence electrons. The largest absolute Gasteiger partial charge is 0.355 e. The van der Waals surface area contributed by atoms with Gasteiger partial charge in [0.15, 0.2) is 0 Å². The van der Waals surface area contributed by atoms with E-state index < -0.39 is 28.5 Å². The zero-order chi connectivity index (χ0) is 27.0. The fourth-order valence-electron chi connectivity index (χ4n) is 3.91. The van der Waals surface area contributed by atoms with Crippen LogP contribution in [0.25, 0.3) is 0 Å². The highest BCUT2D eigenvalue weighted by Crippen LogP contribution is 2.28. The Bertz CT molecular complexity index is 1300. The molecule has 0 aliphatic rings. The Balaban J connectivity index is 2.06. The number of para-hydroxylation sites is 1. The van der Waals surface area contributed by atoms with E-state index in [4.69, 9.17) is 23.2 Å². The zero-order valence-corrected chi connectivity index (χ0v) is 22.9. The van der Waals surface area contributed by atoms with E-state index in [9.17, 15) is 18.0 Å². The first kappa shape index (κ1) is 28.5. The van der Waals surface area contributed by atoms with Crippen LogP contribution in [-0.2, 0) is 26.2 Å². The number of nitrogens with one attached hydrogen (secondary N) is 1. The summed E-state index contributed by atoms with van der Waals surface area (Å²) >= 11 is 12.8. The number of carbonyl (C=O) groups is 2. The first-order valence-corrected chi connectivity index (χ1v) is 14.0. The van der Waals surface area contributed by atoms with Crippen LogP contribution < -0.4 is 9.62 Å². The maximum absolute atomic E-state index is 13.9. The van der Waals surface area contributed by atoms with Crippen LogP contribution in [0.5, 0.6) is 0 Å². The van der Waals surface area contributed by atoms with Gasteiger partial charge in [0.1, 0.15) is 12.6 Å². The van der Waals surface area contributed by atoms with Crippen LogP contribution >= 0.6 is 23.2 Å². The number of likely N-dealkylation sites (N-methyl/N-ethyl adjacent to an activating group) is 1. The van der Waals surface area contributed by atoms with E-state index in [0.717, 1.165) is 4.31 Å². The van der Waals surface area contributed by atoms with Crippen molar-refractivity contribution in [2.24, 2.45) is 0 Å². The number of hydrogen-bond donors (Lipinski definition) is 1. The molecule has 1 unspecified atom stereocenters. The van der Waals surface area contributed by atoms with E-state index >= 15 is 0 Å². The second kappa shape index (κ2) is 12.9. The normalized spacial score (nSPS) is 12.0. The molecule has 0 radical (unpaired) electrons. The van der Waals surface area contributed by atoms with Crippen molar-refractivity contribution in [3.8, 4) is 0 Å². The Kier molecular flexibility index (Phi) is 9.97. The smallest absolute Gasteiger partial charge is 0.264 e. The van der Waals surface area contributed by atoms with Crippen LogP contribution in [0, 0.1) is 0 Å². The van der Waals surface area contributed by atoms with Gasteiger partial charge in [-0.05, 0) is 49.7 Å². The average Bonchev–Trinajstić information content (AvgIpc) is 2.89. The van der Waals surface area contributed by atoms with Gasteiger partial charge in [0.25, 0.3) is 10.0 Å². The fourth-order valence-corrected chi connectivity index (χ4v) is 5.86. The third-order valence-electron chi connectivity index (χ3n) is 5.78. The summed E-state index contributed by atoms with van der Waals surface area (Å²) in [6.45, 7) is 3.35. The molecule has 1 N–H and O–H groups in total. The maximum atomic E-state index is 13.9. The number of sulfonamides is 1. The van der Waals surface area contributed by atoms with Gasteiger partial charge in [-0.2, -0.15) is 0 Å². The fraction of sp³-hybridized carbons (Fsp3) is 0.259. The van der Waals surface area contributed by atoms with Crippen molar-refractivity contribution in [3.05, 3.63) is 94.5 Å². The summed E-state index contributed by atoms with van der Waals surface area (Å²) in [6.07, 6.45) is 0.302. The van der Waals surface area contributed by atoms with Crippen molar-refractivity contribution in [2.45, 2.75) is 37.8 Å². The molecule has 37 heavy (non-hydrogen) atoms. The molecule has 0 saturated heterocycles. The lowest BCUT2D eigenvalue weighted by atomic mass is 10.1. The predicted octanol–water partition coefficient (Wildman–Crippen LogP) is 5.13. The molecule has 0 heterocycles. The Hall–Kier alpha value is -3.07. The zero-order valence-electron chi connectivity index (χ0n) is 20.6. The first-order chi connectivity index (χ1) is 17.7. The number of hydrogen-bond acceptors (Lipinski definition) is 4. The van der Waals surface area contributed by atoms with Crippen LogP contribution in [0.4, 0.5) is 5.69 Å². The monoisotopic (exact) mass is 561 g/mol. The van der Waals surface area contributed by atoms with Gasteiger partial charge in [0.2, 0.25) is 11.8 Å². The SMILES string of the molecule is CCNC(=O)C(CC)N(Cc1c(Cl)cccc1Cl)C(=O)CN(c1ccccc1)S(=O)(=O)c1ccccc1.